The zero-order valence-corrected chi connectivity index (χ0v) is 14.6. The number of hydrogen-bond acceptors (Lipinski definition) is 3. The molecule has 0 spiro atoms. The minimum Gasteiger partial charge on any atom is -0.376 e. The molecule has 1 saturated heterocycles. The fourth-order valence-electron chi connectivity index (χ4n) is 2.98. The van der Waals surface area contributed by atoms with E-state index in [2.05, 4.69) is 17.2 Å². The molecular formula is C18H22ClN3O2. The maximum Gasteiger partial charge on any atom is 0.321 e. The Morgan fingerprint density at radius 3 is 3.17 bits per heavy atom. The van der Waals surface area contributed by atoms with E-state index in [0.29, 0.717) is 17.1 Å². The van der Waals surface area contributed by atoms with Crippen LogP contribution in [-0.4, -0.2) is 41.7 Å². The molecule has 0 aliphatic carbocycles. The number of pyridine rings is 1. The van der Waals surface area contributed by atoms with Crippen LogP contribution in [0.4, 0.5) is 10.5 Å². The maximum atomic E-state index is 12.6. The Hall–Kier alpha value is -1.85. The molecule has 1 aromatic carbocycles. The molecule has 1 fully saturated rings. The number of ether oxygens (including phenoxy) is 1. The highest BCUT2D eigenvalue weighted by atomic mass is 35.5. The SMILES string of the molecule is CCCO[C@@H]1CCCN(C(=O)Nc2ccc(Cl)c3ncccc23)C1. The van der Waals surface area contributed by atoms with Crippen molar-refractivity contribution in [3.05, 3.63) is 35.5 Å². The first kappa shape index (κ1) is 17.0. The number of nitrogens with one attached hydrogen (secondary N) is 1. The van der Waals surface area contributed by atoms with E-state index in [9.17, 15) is 4.79 Å². The molecule has 2 aromatic rings. The lowest BCUT2D eigenvalue weighted by Gasteiger charge is -2.32. The van der Waals surface area contributed by atoms with E-state index in [0.717, 1.165) is 43.5 Å². The van der Waals surface area contributed by atoms with E-state index in [1.165, 1.54) is 0 Å². The van der Waals surface area contributed by atoms with Crippen LogP contribution >= 0.6 is 11.6 Å². The minimum absolute atomic E-state index is 0.104. The Morgan fingerprint density at radius 1 is 1.46 bits per heavy atom. The van der Waals surface area contributed by atoms with Gasteiger partial charge in [0.25, 0.3) is 0 Å². The first-order valence-corrected chi connectivity index (χ1v) is 8.77. The van der Waals surface area contributed by atoms with Gasteiger partial charge in [-0.05, 0) is 43.5 Å². The van der Waals surface area contributed by atoms with Gasteiger partial charge >= 0.3 is 6.03 Å². The van der Waals surface area contributed by atoms with E-state index >= 15 is 0 Å². The number of likely N-dealkylation sites (tertiary alicyclic amines) is 1. The summed E-state index contributed by atoms with van der Waals surface area (Å²) in [5, 5.41) is 4.41. The highest BCUT2D eigenvalue weighted by Gasteiger charge is 2.24. The molecule has 1 atom stereocenters. The highest BCUT2D eigenvalue weighted by molar-refractivity contribution is 6.35. The summed E-state index contributed by atoms with van der Waals surface area (Å²) in [7, 11) is 0. The van der Waals surface area contributed by atoms with Crippen LogP contribution in [-0.2, 0) is 4.74 Å². The molecule has 6 heteroatoms. The molecule has 2 amide bonds. The molecule has 128 valence electrons. The van der Waals surface area contributed by atoms with Crippen molar-refractivity contribution in [2.24, 2.45) is 0 Å². The number of carbonyl (C=O) groups is 1. The minimum atomic E-state index is -0.104. The molecule has 2 heterocycles. The number of halogens is 1. The number of benzene rings is 1. The Bertz CT molecular complexity index is 722. The van der Waals surface area contributed by atoms with Crippen molar-refractivity contribution in [1.29, 1.82) is 0 Å². The summed E-state index contributed by atoms with van der Waals surface area (Å²) >= 11 is 6.18. The average molecular weight is 348 g/mol. The Kier molecular flexibility index (Phi) is 5.53. The average Bonchev–Trinajstić information content (AvgIpc) is 2.63. The standard InChI is InChI=1S/C18H22ClN3O2/c1-2-11-24-13-5-4-10-22(12-13)18(23)21-16-8-7-15(19)17-14(16)6-3-9-20-17/h3,6-9,13H,2,4-5,10-12H2,1H3,(H,21,23)/t13-/m1/s1. The summed E-state index contributed by atoms with van der Waals surface area (Å²) < 4.78 is 5.80. The predicted molar refractivity (Wildman–Crippen MR) is 96.6 cm³/mol. The van der Waals surface area contributed by atoms with Crippen molar-refractivity contribution in [3.8, 4) is 0 Å². The lowest BCUT2D eigenvalue weighted by Crippen LogP contribution is -2.45. The van der Waals surface area contributed by atoms with Gasteiger partial charge in [-0.1, -0.05) is 18.5 Å². The van der Waals surface area contributed by atoms with Gasteiger partial charge in [0.1, 0.15) is 0 Å². The van der Waals surface area contributed by atoms with Gasteiger partial charge in [-0.25, -0.2) is 4.79 Å². The van der Waals surface area contributed by atoms with Crippen molar-refractivity contribution < 1.29 is 9.53 Å². The quantitative estimate of drug-likeness (QED) is 0.896. The van der Waals surface area contributed by atoms with Crippen molar-refractivity contribution >= 4 is 34.2 Å². The zero-order valence-electron chi connectivity index (χ0n) is 13.8. The smallest absolute Gasteiger partial charge is 0.321 e. The fourth-order valence-corrected chi connectivity index (χ4v) is 3.20. The molecule has 1 N–H and O–H groups in total. The summed E-state index contributed by atoms with van der Waals surface area (Å²) in [6.45, 7) is 4.22. The first-order valence-electron chi connectivity index (χ1n) is 8.39. The number of piperidine rings is 1. The summed E-state index contributed by atoms with van der Waals surface area (Å²) in [6.07, 6.45) is 4.79. The monoisotopic (exact) mass is 347 g/mol. The molecule has 3 rings (SSSR count). The number of carbonyl (C=O) groups excluding carboxylic acids is 1. The van der Waals surface area contributed by atoms with Gasteiger partial charge in [0, 0.05) is 31.3 Å². The van der Waals surface area contributed by atoms with Gasteiger partial charge in [0.15, 0.2) is 0 Å². The normalized spacial score (nSPS) is 17.9. The summed E-state index contributed by atoms with van der Waals surface area (Å²) in [5.41, 5.74) is 1.42. The van der Waals surface area contributed by atoms with E-state index in [1.54, 1.807) is 12.3 Å². The summed E-state index contributed by atoms with van der Waals surface area (Å²) in [4.78, 5) is 18.7. The second kappa shape index (κ2) is 7.81. The Balaban J connectivity index is 1.72. The number of fused-ring (bicyclic) bond motifs is 1. The van der Waals surface area contributed by atoms with Crippen LogP contribution < -0.4 is 5.32 Å². The van der Waals surface area contributed by atoms with Crippen LogP contribution in [0.3, 0.4) is 0 Å². The molecule has 1 aliphatic rings. The van der Waals surface area contributed by atoms with Crippen molar-refractivity contribution in [3.63, 3.8) is 0 Å². The predicted octanol–water partition coefficient (Wildman–Crippen LogP) is 4.31. The summed E-state index contributed by atoms with van der Waals surface area (Å²) in [5.74, 6) is 0. The van der Waals surface area contributed by atoms with E-state index in [-0.39, 0.29) is 12.1 Å². The first-order chi connectivity index (χ1) is 11.7. The lowest BCUT2D eigenvalue weighted by molar-refractivity contribution is 0.0115. The molecule has 0 radical (unpaired) electrons. The van der Waals surface area contributed by atoms with Crippen LogP contribution in [0.5, 0.6) is 0 Å². The number of nitrogens with zero attached hydrogens (tertiary/aromatic N) is 2. The van der Waals surface area contributed by atoms with E-state index in [1.807, 2.05) is 23.1 Å². The van der Waals surface area contributed by atoms with Gasteiger partial charge in [-0.2, -0.15) is 0 Å². The van der Waals surface area contributed by atoms with Crippen LogP contribution in [0.25, 0.3) is 10.9 Å². The Morgan fingerprint density at radius 2 is 2.33 bits per heavy atom. The number of urea groups is 1. The number of hydrogen-bond donors (Lipinski definition) is 1. The number of rotatable bonds is 4. The molecule has 5 nitrogen and oxygen atoms in total. The van der Waals surface area contributed by atoms with Crippen LogP contribution in [0.1, 0.15) is 26.2 Å². The molecule has 0 saturated carbocycles. The number of amides is 2. The lowest BCUT2D eigenvalue weighted by atomic mass is 10.1. The molecule has 0 bridgehead atoms. The van der Waals surface area contributed by atoms with Gasteiger partial charge in [0.2, 0.25) is 0 Å². The second-order valence-electron chi connectivity index (χ2n) is 6.01. The third-order valence-electron chi connectivity index (χ3n) is 4.19. The fraction of sp³-hybridized carbons (Fsp3) is 0.444. The van der Waals surface area contributed by atoms with Gasteiger partial charge < -0.3 is 15.0 Å². The molecule has 1 aliphatic heterocycles. The molecular weight excluding hydrogens is 326 g/mol. The van der Waals surface area contributed by atoms with Crippen molar-refractivity contribution in [2.75, 3.05) is 25.0 Å². The van der Waals surface area contributed by atoms with Crippen LogP contribution in [0, 0.1) is 0 Å². The Labute approximate surface area is 146 Å². The van der Waals surface area contributed by atoms with Gasteiger partial charge in [0.05, 0.1) is 22.3 Å². The van der Waals surface area contributed by atoms with Crippen LogP contribution in [0.15, 0.2) is 30.5 Å². The molecule has 0 unspecified atom stereocenters. The molecule has 1 aromatic heterocycles. The highest BCUT2D eigenvalue weighted by Crippen LogP contribution is 2.28. The van der Waals surface area contributed by atoms with Gasteiger partial charge in [-0.15, -0.1) is 0 Å². The number of aromatic nitrogens is 1. The number of anilines is 1. The van der Waals surface area contributed by atoms with E-state index < -0.39 is 0 Å². The zero-order chi connectivity index (χ0) is 16.9. The summed E-state index contributed by atoms with van der Waals surface area (Å²) in [6, 6.07) is 7.22. The van der Waals surface area contributed by atoms with Gasteiger partial charge in [-0.3, -0.25) is 4.98 Å². The van der Waals surface area contributed by atoms with Crippen molar-refractivity contribution in [2.45, 2.75) is 32.3 Å². The second-order valence-corrected chi connectivity index (χ2v) is 6.41. The largest absolute Gasteiger partial charge is 0.376 e. The third kappa shape index (κ3) is 3.79. The topological polar surface area (TPSA) is 54.5 Å². The maximum absolute atomic E-state index is 12.6. The van der Waals surface area contributed by atoms with Crippen molar-refractivity contribution in [1.82, 2.24) is 9.88 Å². The van der Waals surface area contributed by atoms with E-state index in [4.69, 9.17) is 16.3 Å². The third-order valence-corrected chi connectivity index (χ3v) is 4.49. The van der Waals surface area contributed by atoms with Crippen LogP contribution in [0.2, 0.25) is 5.02 Å². The molecule has 24 heavy (non-hydrogen) atoms.